The largest absolute Gasteiger partial charge is 0.488 e. The zero-order valence-electron chi connectivity index (χ0n) is 8.40. The fourth-order valence-corrected chi connectivity index (χ4v) is 1.58. The summed E-state index contributed by atoms with van der Waals surface area (Å²) in [4.78, 5) is 0. The summed E-state index contributed by atoms with van der Waals surface area (Å²) < 4.78 is 31.4. The minimum atomic E-state index is -0.733. The summed E-state index contributed by atoms with van der Waals surface area (Å²) in [5.74, 6) is 1.02. The van der Waals surface area contributed by atoms with Crippen molar-refractivity contribution in [2.24, 2.45) is 0 Å². The minimum absolute atomic E-state index is 0.00362. The quantitative estimate of drug-likeness (QED) is 0.664. The first-order chi connectivity index (χ1) is 7.65. The molecule has 0 amide bonds. The Bertz CT molecular complexity index is 380. The Morgan fingerprint density at radius 1 is 1.44 bits per heavy atom. The van der Waals surface area contributed by atoms with Gasteiger partial charge in [0, 0.05) is 12.6 Å². The van der Waals surface area contributed by atoms with Crippen LogP contribution in [0.15, 0.2) is 16.6 Å². The van der Waals surface area contributed by atoms with Crippen molar-refractivity contribution in [1.82, 2.24) is 5.32 Å². The van der Waals surface area contributed by atoms with Crippen LogP contribution in [-0.4, -0.2) is 19.7 Å². The smallest absolute Gasteiger partial charge is 0.169 e. The molecule has 1 aromatic carbocycles. The molecule has 86 valence electrons. The predicted octanol–water partition coefficient (Wildman–Crippen LogP) is 2.33. The summed E-state index contributed by atoms with van der Waals surface area (Å²) >= 11 is 3.02. The van der Waals surface area contributed by atoms with Gasteiger partial charge in [0.2, 0.25) is 0 Å². The molecule has 0 fully saturated rings. The normalized spacial score (nSPS) is 9.88. The van der Waals surface area contributed by atoms with Crippen molar-refractivity contribution in [2.45, 2.75) is 0 Å². The Morgan fingerprint density at radius 3 is 2.81 bits per heavy atom. The van der Waals surface area contributed by atoms with Crippen LogP contribution in [0.2, 0.25) is 0 Å². The maximum absolute atomic E-state index is 13.2. The van der Waals surface area contributed by atoms with E-state index in [-0.39, 0.29) is 16.8 Å². The second kappa shape index (κ2) is 6.46. The number of nitrogens with one attached hydrogen (secondary N) is 1. The van der Waals surface area contributed by atoms with Crippen molar-refractivity contribution in [3.05, 3.63) is 28.2 Å². The number of rotatable bonds is 5. The molecule has 0 spiro atoms. The van der Waals surface area contributed by atoms with Gasteiger partial charge in [0.25, 0.3) is 0 Å². The first-order valence-electron chi connectivity index (χ1n) is 4.56. The molecule has 0 aliphatic heterocycles. The molecule has 1 N–H and O–H groups in total. The van der Waals surface area contributed by atoms with Gasteiger partial charge in [-0.05, 0) is 22.0 Å². The van der Waals surface area contributed by atoms with E-state index in [1.807, 2.05) is 0 Å². The Kier molecular flexibility index (Phi) is 5.23. The lowest BCUT2D eigenvalue weighted by molar-refractivity contribution is 0.298. The van der Waals surface area contributed by atoms with Crippen molar-refractivity contribution >= 4 is 15.9 Å². The Hall–Kier alpha value is -1.12. The second-order valence-electron chi connectivity index (χ2n) is 2.93. The van der Waals surface area contributed by atoms with Crippen LogP contribution in [0.4, 0.5) is 8.78 Å². The maximum Gasteiger partial charge on any atom is 0.169 e. The van der Waals surface area contributed by atoms with Crippen LogP contribution in [0.25, 0.3) is 0 Å². The number of terminal acetylenes is 1. The van der Waals surface area contributed by atoms with E-state index in [4.69, 9.17) is 11.2 Å². The highest BCUT2D eigenvalue weighted by Gasteiger charge is 2.10. The zero-order valence-corrected chi connectivity index (χ0v) is 9.98. The molecule has 0 bridgehead atoms. The van der Waals surface area contributed by atoms with E-state index in [1.165, 1.54) is 0 Å². The van der Waals surface area contributed by atoms with Crippen LogP contribution in [-0.2, 0) is 0 Å². The fraction of sp³-hybridized carbons (Fsp3) is 0.273. The average molecular weight is 290 g/mol. The minimum Gasteiger partial charge on any atom is -0.488 e. The third kappa shape index (κ3) is 3.80. The second-order valence-corrected chi connectivity index (χ2v) is 3.78. The molecule has 1 aromatic rings. The highest BCUT2D eigenvalue weighted by atomic mass is 79.9. The molecule has 0 aromatic heterocycles. The summed E-state index contributed by atoms with van der Waals surface area (Å²) in [6.07, 6.45) is 5.02. The molecule has 0 heterocycles. The molecule has 0 atom stereocenters. The van der Waals surface area contributed by atoms with Gasteiger partial charge in [-0.15, -0.1) is 6.42 Å². The number of hydrogen-bond donors (Lipinski definition) is 1. The molecule has 16 heavy (non-hydrogen) atoms. The Morgan fingerprint density at radius 2 is 2.19 bits per heavy atom. The predicted molar refractivity (Wildman–Crippen MR) is 61.3 cm³/mol. The highest BCUT2D eigenvalue weighted by molar-refractivity contribution is 9.10. The van der Waals surface area contributed by atoms with Crippen molar-refractivity contribution in [3.63, 3.8) is 0 Å². The molecule has 0 saturated heterocycles. The Labute approximate surface area is 101 Å². The van der Waals surface area contributed by atoms with Crippen LogP contribution in [0.5, 0.6) is 5.75 Å². The molecule has 0 aliphatic carbocycles. The van der Waals surface area contributed by atoms with Gasteiger partial charge in [-0.2, -0.15) is 0 Å². The molecule has 0 unspecified atom stereocenters. The van der Waals surface area contributed by atoms with E-state index in [0.717, 1.165) is 12.1 Å². The number of hydrogen-bond acceptors (Lipinski definition) is 2. The molecule has 0 radical (unpaired) electrons. The van der Waals surface area contributed by atoms with Crippen LogP contribution in [0, 0.1) is 24.0 Å². The monoisotopic (exact) mass is 289 g/mol. The molecule has 0 aliphatic rings. The lowest BCUT2D eigenvalue weighted by Gasteiger charge is -2.09. The van der Waals surface area contributed by atoms with Gasteiger partial charge in [0.05, 0.1) is 11.0 Å². The molecular formula is C11H10BrF2NO. The molecule has 1 rings (SSSR count). The van der Waals surface area contributed by atoms with Crippen LogP contribution >= 0.6 is 15.9 Å². The van der Waals surface area contributed by atoms with E-state index in [9.17, 15) is 8.78 Å². The van der Waals surface area contributed by atoms with Crippen LogP contribution < -0.4 is 10.1 Å². The lowest BCUT2D eigenvalue weighted by atomic mass is 10.3. The van der Waals surface area contributed by atoms with Crippen LogP contribution in [0.3, 0.4) is 0 Å². The number of benzene rings is 1. The standard InChI is InChI=1S/C11H10BrF2NO/c1-2-3-15-4-5-16-11-9(12)6-8(13)7-10(11)14/h1,6-7,15H,3-5H2. The van der Waals surface area contributed by atoms with Crippen LogP contribution in [0.1, 0.15) is 0 Å². The average Bonchev–Trinajstić information content (AvgIpc) is 2.20. The Balaban J connectivity index is 2.51. The van der Waals surface area contributed by atoms with Gasteiger partial charge < -0.3 is 10.1 Å². The molecule has 5 heteroatoms. The molecule has 2 nitrogen and oxygen atoms in total. The third-order valence-electron chi connectivity index (χ3n) is 1.72. The summed E-state index contributed by atoms with van der Waals surface area (Å²) in [5, 5.41) is 2.88. The van der Waals surface area contributed by atoms with Crippen molar-refractivity contribution in [1.29, 1.82) is 0 Å². The van der Waals surface area contributed by atoms with E-state index >= 15 is 0 Å². The van der Waals surface area contributed by atoms with E-state index < -0.39 is 11.6 Å². The van der Waals surface area contributed by atoms with Gasteiger partial charge >= 0.3 is 0 Å². The van der Waals surface area contributed by atoms with Crippen molar-refractivity contribution in [3.8, 4) is 18.1 Å². The lowest BCUT2D eigenvalue weighted by Crippen LogP contribution is -2.21. The van der Waals surface area contributed by atoms with E-state index in [1.54, 1.807) is 0 Å². The number of ether oxygens (including phenoxy) is 1. The van der Waals surface area contributed by atoms with E-state index in [0.29, 0.717) is 13.1 Å². The topological polar surface area (TPSA) is 21.3 Å². The summed E-state index contributed by atoms with van der Waals surface area (Å²) in [6.45, 7) is 1.17. The maximum atomic E-state index is 13.2. The number of halogens is 3. The first-order valence-corrected chi connectivity index (χ1v) is 5.36. The first kappa shape index (κ1) is 12.9. The molecule has 0 saturated carbocycles. The highest BCUT2D eigenvalue weighted by Crippen LogP contribution is 2.28. The van der Waals surface area contributed by atoms with Gasteiger partial charge in [0.1, 0.15) is 12.4 Å². The van der Waals surface area contributed by atoms with Gasteiger partial charge in [-0.1, -0.05) is 5.92 Å². The van der Waals surface area contributed by atoms with Gasteiger partial charge in [-0.3, -0.25) is 0 Å². The van der Waals surface area contributed by atoms with Gasteiger partial charge in [-0.25, -0.2) is 8.78 Å². The summed E-state index contributed by atoms with van der Waals surface area (Å²) in [6, 6.07) is 1.92. The van der Waals surface area contributed by atoms with Gasteiger partial charge in [0.15, 0.2) is 11.6 Å². The van der Waals surface area contributed by atoms with Crippen molar-refractivity contribution in [2.75, 3.05) is 19.7 Å². The zero-order chi connectivity index (χ0) is 12.0. The summed E-state index contributed by atoms with van der Waals surface area (Å²) in [5.41, 5.74) is 0. The summed E-state index contributed by atoms with van der Waals surface area (Å²) in [7, 11) is 0. The SMILES string of the molecule is C#CCNCCOc1c(F)cc(F)cc1Br. The van der Waals surface area contributed by atoms with E-state index in [2.05, 4.69) is 27.2 Å². The molecular weight excluding hydrogens is 280 g/mol. The fourth-order valence-electron chi connectivity index (χ4n) is 1.05. The third-order valence-corrected chi connectivity index (χ3v) is 2.30. The van der Waals surface area contributed by atoms with Crippen molar-refractivity contribution < 1.29 is 13.5 Å².